The molecule has 0 unspecified atom stereocenters. The zero-order valence-corrected chi connectivity index (χ0v) is 13.1. The van der Waals surface area contributed by atoms with E-state index in [2.05, 4.69) is 9.97 Å². The van der Waals surface area contributed by atoms with E-state index >= 15 is 0 Å². The Hall–Kier alpha value is -3.15. The molecule has 24 heavy (non-hydrogen) atoms. The van der Waals surface area contributed by atoms with Gasteiger partial charge in [-0.05, 0) is 18.4 Å². The predicted molar refractivity (Wildman–Crippen MR) is 89.2 cm³/mol. The maximum atomic E-state index is 12.0. The van der Waals surface area contributed by atoms with Crippen LogP contribution in [0.3, 0.4) is 0 Å². The number of H-pyrrole nitrogens is 1. The van der Waals surface area contributed by atoms with Gasteiger partial charge >= 0.3 is 5.97 Å². The number of hydrogen-bond acceptors (Lipinski definition) is 4. The second kappa shape index (κ2) is 6.54. The highest BCUT2D eigenvalue weighted by Crippen LogP contribution is 2.25. The van der Waals surface area contributed by atoms with E-state index in [-0.39, 0.29) is 18.6 Å². The monoisotopic (exact) mass is 324 g/mol. The van der Waals surface area contributed by atoms with Gasteiger partial charge in [0.25, 0.3) is 5.56 Å². The standard InChI is InChI=1S/C18H16N2O4/c1-11-14(9-17(21)22)18(23)20-16(19-11)10-24-15-8-4-6-12-5-2-3-7-13(12)15/h2-8H,9-10H2,1H3,(H,21,22)(H,19,20,23). The van der Waals surface area contributed by atoms with Crippen LogP contribution in [0.1, 0.15) is 17.1 Å². The van der Waals surface area contributed by atoms with Crippen molar-refractivity contribution in [2.24, 2.45) is 0 Å². The molecule has 0 atom stereocenters. The maximum absolute atomic E-state index is 12.0. The molecule has 0 radical (unpaired) electrons. The summed E-state index contributed by atoms with van der Waals surface area (Å²) in [4.78, 5) is 29.6. The van der Waals surface area contributed by atoms with Gasteiger partial charge in [0, 0.05) is 16.6 Å². The number of aliphatic carboxylic acids is 1. The summed E-state index contributed by atoms with van der Waals surface area (Å²) < 4.78 is 5.79. The molecule has 6 heteroatoms. The Morgan fingerprint density at radius 1 is 1.21 bits per heavy atom. The van der Waals surface area contributed by atoms with Gasteiger partial charge in [-0.15, -0.1) is 0 Å². The largest absolute Gasteiger partial charge is 0.485 e. The fourth-order valence-corrected chi connectivity index (χ4v) is 2.56. The molecule has 1 heterocycles. The zero-order chi connectivity index (χ0) is 17.1. The maximum Gasteiger partial charge on any atom is 0.308 e. The summed E-state index contributed by atoms with van der Waals surface area (Å²) in [5.74, 6) is -0.00672. The lowest BCUT2D eigenvalue weighted by Crippen LogP contribution is -2.22. The summed E-state index contributed by atoms with van der Waals surface area (Å²) in [5, 5.41) is 10.9. The average Bonchev–Trinajstić information content (AvgIpc) is 2.56. The van der Waals surface area contributed by atoms with Crippen molar-refractivity contribution in [2.45, 2.75) is 20.0 Å². The molecule has 3 aromatic rings. The Kier molecular flexibility index (Phi) is 4.29. The van der Waals surface area contributed by atoms with Gasteiger partial charge in [0.2, 0.25) is 0 Å². The third kappa shape index (κ3) is 3.27. The molecule has 0 aliphatic rings. The minimum Gasteiger partial charge on any atom is -0.485 e. The van der Waals surface area contributed by atoms with Crippen LogP contribution in [0.4, 0.5) is 0 Å². The zero-order valence-electron chi connectivity index (χ0n) is 13.1. The van der Waals surface area contributed by atoms with Crippen LogP contribution in [0, 0.1) is 6.92 Å². The van der Waals surface area contributed by atoms with Gasteiger partial charge in [-0.1, -0.05) is 36.4 Å². The molecule has 1 aromatic heterocycles. The number of carbonyl (C=O) groups is 1. The van der Waals surface area contributed by atoms with Gasteiger partial charge in [-0.2, -0.15) is 0 Å². The number of rotatable bonds is 5. The number of ether oxygens (including phenoxy) is 1. The quantitative estimate of drug-likeness (QED) is 0.752. The van der Waals surface area contributed by atoms with Crippen LogP contribution >= 0.6 is 0 Å². The number of carboxylic acids is 1. The summed E-state index contributed by atoms with van der Waals surface area (Å²) in [5.41, 5.74) is 0.121. The van der Waals surface area contributed by atoms with Crippen molar-refractivity contribution in [3.63, 3.8) is 0 Å². The van der Waals surface area contributed by atoms with Crippen LogP contribution in [-0.4, -0.2) is 21.0 Å². The first kappa shape index (κ1) is 15.7. The van der Waals surface area contributed by atoms with E-state index < -0.39 is 11.5 Å². The molecule has 0 aliphatic heterocycles. The summed E-state index contributed by atoms with van der Waals surface area (Å²) in [6.07, 6.45) is -0.349. The van der Waals surface area contributed by atoms with Crippen LogP contribution in [0.5, 0.6) is 5.75 Å². The van der Waals surface area contributed by atoms with Gasteiger partial charge in [0.05, 0.1) is 6.42 Å². The first-order valence-corrected chi connectivity index (χ1v) is 7.45. The van der Waals surface area contributed by atoms with E-state index in [1.54, 1.807) is 6.92 Å². The Bertz CT molecular complexity index is 957. The number of aryl methyl sites for hydroxylation is 1. The van der Waals surface area contributed by atoms with Crippen LogP contribution < -0.4 is 10.3 Å². The third-order valence-electron chi connectivity index (χ3n) is 3.71. The normalized spacial score (nSPS) is 10.7. The number of fused-ring (bicyclic) bond motifs is 1. The van der Waals surface area contributed by atoms with E-state index in [9.17, 15) is 9.59 Å². The molecule has 0 saturated heterocycles. The first-order valence-electron chi connectivity index (χ1n) is 7.45. The van der Waals surface area contributed by atoms with Crippen LogP contribution in [0.25, 0.3) is 10.8 Å². The fraction of sp³-hybridized carbons (Fsp3) is 0.167. The van der Waals surface area contributed by atoms with Gasteiger partial charge in [-0.3, -0.25) is 9.59 Å². The summed E-state index contributed by atoms with van der Waals surface area (Å²) in [6.45, 7) is 1.71. The molecule has 0 aliphatic carbocycles. The Balaban J connectivity index is 1.84. The second-order valence-electron chi connectivity index (χ2n) is 5.41. The van der Waals surface area contributed by atoms with Crippen molar-refractivity contribution in [1.82, 2.24) is 9.97 Å². The lowest BCUT2D eigenvalue weighted by Gasteiger charge is -2.10. The average molecular weight is 324 g/mol. The van der Waals surface area contributed by atoms with E-state index in [0.717, 1.165) is 10.8 Å². The van der Waals surface area contributed by atoms with E-state index in [1.165, 1.54) is 0 Å². The highest BCUT2D eigenvalue weighted by molar-refractivity contribution is 5.88. The second-order valence-corrected chi connectivity index (χ2v) is 5.41. The lowest BCUT2D eigenvalue weighted by atomic mass is 10.1. The molecule has 2 N–H and O–H groups in total. The molecule has 0 saturated carbocycles. The Morgan fingerprint density at radius 2 is 1.96 bits per heavy atom. The summed E-state index contributed by atoms with van der Waals surface area (Å²) >= 11 is 0. The number of nitrogens with one attached hydrogen (secondary N) is 1. The van der Waals surface area contributed by atoms with Crippen LogP contribution in [-0.2, 0) is 17.8 Å². The van der Waals surface area contributed by atoms with Crippen molar-refractivity contribution in [1.29, 1.82) is 0 Å². The number of aromatic amines is 1. The number of nitrogens with zero attached hydrogens (tertiary/aromatic N) is 1. The van der Waals surface area contributed by atoms with E-state index in [4.69, 9.17) is 9.84 Å². The summed E-state index contributed by atoms with van der Waals surface area (Å²) in [6, 6.07) is 13.6. The number of hydrogen-bond donors (Lipinski definition) is 2. The highest BCUT2D eigenvalue weighted by Gasteiger charge is 2.12. The molecular weight excluding hydrogens is 308 g/mol. The van der Waals surface area contributed by atoms with Crippen molar-refractivity contribution in [3.05, 3.63) is 69.9 Å². The fourth-order valence-electron chi connectivity index (χ4n) is 2.56. The first-order chi connectivity index (χ1) is 11.5. The van der Waals surface area contributed by atoms with Gasteiger partial charge in [-0.25, -0.2) is 4.98 Å². The van der Waals surface area contributed by atoms with Crippen molar-refractivity contribution >= 4 is 16.7 Å². The minimum atomic E-state index is -1.06. The lowest BCUT2D eigenvalue weighted by molar-refractivity contribution is -0.136. The van der Waals surface area contributed by atoms with Gasteiger partial charge in [0.1, 0.15) is 18.2 Å². The molecule has 0 fully saturated rings. The van der Waals surface area contributed by atoms with Crippen LogP contribution in [0.2, 0.25) is 0 Å². The molecule has 6 nitrogen and oxygen atoms in total. The predicted octanol–water partition coefficient (Wildman–Crippen LogP) is 2.44. The molecule has 122 valence electrons. The van der Waals surface area contributed by atoms with Crippen molar-refractivity contribution in [3.8, 4) is 5.75 Å². The smallest absolute Gasteiger partial charge is 0.308 e. The number of carboxylic acid groups (broad SMARTS) is 1. The van der Waals surface area contributed by atoms with Gasteiger partial charge < -0.3 is 14.8 Å². The molecule has 2 aromatic carbocycles. The van der Waals surface area contributed by atoms with E-state index in [1.807, 2.05) is 42.5 Å². The molecule has 0 bridgehead atoms. The van der Waals surface area contributed by atoms with Crippen LogP contribution in [0.15, 0.2) is 47.3 Å². The van der Waals surface area contributed by atoms with E-state index in [0.29, 0.717) is 17.3 Å². The highest BCUT2D eigenvalue weighted by atomic mass is 16.5. The third-order valence-corrected chi connectivity index (χ3v) is 3.71. The summed E-state index contributed by atoms with van der Waals surface area (Å²) in [7, 11) is 0. The molecule has 3 rings (SSSR count). The molecular formula is C18H16N2O4. The van der Waals surface area contributed by atoms with Crippen molar-refractivity contribution < 1.29 is 14.6 Å². The molecule has 0 spiro atoms. The van der Waals surface area contributed by atoms with Crippen molar-refractivity contribution in [2.75, 3.05) is 0 Å². The Labute approximate surface area is 137 Å². The minimum absolute atomic E-state index is 0.0947. The molecule has 0 amide bonds. The number of aromatic nitrogens is 2. The van der Waals surface area contributed by atoms with Gasteiger partial charge in [0.15, 0.2) is 0 Å². The Morgan fingerprint density at radius 3 is 2.71 bits per heavy atom. The topological polar surface area (TPSA) is 92.3 Å². The number of benzene rings is 2. The SMILES string of the molecule is Cc1nc(COc2cccc3ccccc23)[nH]c(=O)c1CC(=O)O.